The Kier molecular flexibility index (Phi) is 5.76. The Labute approximate surface area is 170 Å². The van der Waals surface area contributed by atoms with Gasteiger partial charge in [0.2, 0.25) is 5.78 Å². The largest absolute Gasteiger partial charge is 0.503 e. The van der Waals surface area contributed by atoms with Gasteiger partial charge >= 0.3 is 0 Å². The van der Waals surface area contributed by atoms with Gasteiger partial charge in [-0.1, -0.05) is 12.1 Å². The molecule has 1 amide bonds. The molecular weight excluding hydrogens is 398 g/mol. The molecule has 0 radical (unpaired) electrons. The smallest absolute Gasteiger partial charge is 0.290 e. The average Bonchev–Trinajstić information content (AvgIpc) is 3.15. The van der Waals surface area contributed by atoms with Crippen molar-refractivity contribution < 1.29 is 24.4 Å². The molecule has 1 aromatic heterocycles. The van der Waals surface area contributed by atoms with E-state index in [1.807, 2.05) is 0 Å². The number of Topliss-reactive ketones (excluding diaryl/α,β-unsaturated/α-hetero) is 1. The number of ketones is 1. The fourth-order valence-electron chi connectivity index (χ4n) is 3.38. The maximum Gasteiger partial charge on any atom is 0.290 e. The molecule has 0 saturated heterocycles. The van der Waals surface area contributed by atoms with Gasteiger partial charge < -0.3 is 14.7 Å². The minimum absolute atomic E-state index is 0.0492. The van der Waals surface area contributed by atoms with E-state index in [1.54, 1.807) is 19.9 Å². The number of ether oxygens (including phenoxy) is 1. The van der Waals surface area contributed by atoms with E-state index in [1.165, 1.54) is 30.2 Å². The molecule has 0 saturated carbocycles. The number of carbonyl (C=O) groups is 2. The van der Waals surface area contributed by atoms with Crippen LogP contribution in [-0.2, 0) is 9.53 Å². The Balaban J connectivity index is 2.19. The number of amides is 1. The first-order valence-corrected chi connectivity index (χ1v) is 9.54. The molecule has 0 fully saturated rings. The highest BCUT2D eigenvalue weighted by Gasteiger charge is 2.46. The van der Waals surface area contributed by atoms with Crippen LogP contribution in [0.25, 0.3) is 0 Å². The molecule has 2 heterocycles. The van der Waals surface area contributed by atoms with Crippen molar-refractivity contribution in [3.05, 3.63) is 66.9 Å². The number of aliphatic hydroxyl groups is 1. The molecule has 1 unspecified atom stereocenters. The first-order valence-electron chi connectivity index (χ1n) is 8.73. The number of aromatic nitrogens is 1. The zero-order valence-electron chi connectivity index (χ0n) is 16.0. The van der Waals surface area contributed by atoms with Crippen molar-refractivity contribution in [2.24, 2.45) is 0 Å². The summed E-state index contributed by atoms with van der Waals surface area (Å²) in [6.07, 6.45) is 0. The predicted molar refractivity (Wildman–Crippen MR) is 105 cm³/mol. The Morgan fingerprint density at radius 3 is 2.66 bits per heavy atom. The molecule has 1 aliphatic rings. The third-order valence-corrected chi connectivity index (χ3v) is 5.69. The zero-order valence-corrected chi connectivity index (χ0v) is 16.9. The number of hydrogen-bond donors (Lipinski definition) is 1. The number of benzene rings is 1. The monoisotopic (exact) mass is 417 g/mol. The van der Waals surface area contributed by atoms with Gasteiger partial charge in [-0.05, 0) is 19.9 Å². The van der Waals surface area contributed by atoms with Gasteiger partial charge in [0.15, 0.2) is 5.76 Å². The van der Waals surface area contributed by atoms with Gasteiger partial charge in [0.05, 0.1) is 44.3 Å². The van der Waals surface area contributed by atoms with Crippen LogP contribution in [0.15, 0.2) is 35.6 Å². The molecular formula is C19H19N3O6S. The van der Waals surface area contributed by atoms with E-state index in [-0.39, 0.29) is 34.9 Å². The SMILES string of the molecule is COCCN1C(=O)C(O)=C(C(=O)c2sc(C)nc2C)C1c1ccccc1[N+](=O)[O-]. The molecule has 1 N–H and O–H groups in total. The van der Waals surface area contributed by atoms with E-state index in [9.17, 15) is 24.8 Å². The summed E-state index contributed by atoms with van der Waals surface area (Å²) < 4.78 is 5.03. The van der Waals surface area contributed by atoms with Crippen molar-refractivity contribution >= 4 is 28.7 Å². The summed E-state index contributed by atoms with van der Waals surface area (Å²) in [5, 5.41) is 22.8. The quantitative estimate of drug-likeness (QED) is 0.417. The number of nitro benzene ring substituents is 1. The number of nitro groups is 1. The first kappa shape index (κ1) is 20.6. The van der Waals surface area contributed by atoms with Crippen LogP contribution < -0.4 is 0 Å². The van der Waals surface area contributed by atoms with E-state index in [2.05, 4.69) is 4.98 Å². The van der Waals surface area contributed by atoms with Crippen molar-refractivity contribution in [3.63, 3.8) is 0 Å². The molecule has 0 aliphatic carbocycles. The van der Waals surface area contributed by atoms with E-state index in [0.717, 1.165) is 11.3 Å². The first-order chi connectivity index (χ1) is 13.8. The van der Waals surface area contributed by atoms with Gasteiger partial charge in [0.1, 0.15) is 0 Å². The van der Waals surface area contributed by atoms with E-state index in [0.29, 0.717) is 10.7 Å². The van der Waals surface area contributed by atoms with E-state index < -0.39 is 28.4 Å². The lowest BCUT2D eigenvalue weighted by molar-refractivity contribution is -0.385. The minimum Gasteiger partial charge on any atom is -0.503 e. The van der Waals surface area contributed by atoms with Crippen LogP contribution in [0.5, 0.6) is 0 Å². The number of aryl methyl sites for hydroxylation is 2. The second-order valence-electron chi connectivity index (χ2n) is 6.45. The Bertz CT molecular complexity index is 1030. The average molecular weight is 417 g/mol. The van der Waals surface area contributed by atoms with Gasteiger partial charge in [0, 0.05) is 19.7 Å². The number of nitrogens with zero attached hydrogens (tertiary/aromatic N) is 3. The van der Waals surface area contributed by atoms with Crippen molar-refractivity contribution in [2.45, 2.75) is 19.9 Å². The van der Waals surface area contributed by atoms with Crippen LogP contribution in [0.3, 0.4) is 0 Å². The van der Waals surface area contributed by atoms with Gasteiger partial charge in [-0.25, -0.2) is 4.98 Å². The third-order valence-electron chi connectivity index (χ3n) is 4.62. The number of thiazole rings is 1. The lowest BCUT2D eigenvalue weighted by Gasteiger charge is -2.26. The summed E-state index contributed by atoms with van der Waals surface area (Å²) in [5.41, 5.74) is 0.187. The number of hydrogen-bond acceptors (Lipinski definition) is 8. The van der Waals surface area contributed by atoms with Crippen LogP contribution in [0.2, 0.25) is 0 Å². The van der Waals surface area contributed by atoms with E-state index >= 15 is 0 Å². The molecule has 29 heavy (non-hydrogen) atoms. The number of aliphatic hydroxyl groups excluding tert-OH is 1. The highest BCUT2D eigenvalue weighted by Crippen LogP contribution is 2.42. The highest BCUT2D eigenvalue weighted by atomic mass is 32.1. The Hall–Kier alpha value is -3.11. The second-order valence-corrected chi connectivity index (χ2v) is 7.65. The van der Waals surface area contributed by atoms with Crippen LogP contribution in [0, 0.1) is 24.0 Å². The van der Waals surface area contributed by atoms with Gasteiger partial charge in [-0.3, -0.25) is 19.7 Å². The summed E-state index contributed by atoms with van der Waals surface area (Å²) in [4.78, 5) is 42.8. The number of carbonyl (C=O) groups excluding carboxylic acids is 2. The summed E-state index contributed by atoms with van der Waals surface area (Å²) in [6, 6.07) is 4.76. The molecule has 10 heteroatoms. The van der Waals surface area contributed by atoms with Crippen molar-refractivity contribution in [1.82, 2.24) is 9.88 Å². The standard InChI is InChI=1S/C19H19N3O6S/c1-10-18(29-11(2)20-10)16(23)14-15(12-6-4-5-7-13(12)22(26)27)21(8-9-28-3)19(25)17(14)24/h4-7,15,24H,8-9H2,1-3H3. The zero-order chi connectivity index (χ0) is 21.3. The van der Waals surface area contributed by atoms with Crippen LogP contribution in [0.1, 0.15) is 32.0 Å². The van der Waals surface area contributed by atoms with Crippen LogP contribution >= 0.6 is 11.3 Å². The molecule has 2 aromatic rings. The molecule has 3 rings (SSSR count). The molecule has 152 valence electrons. The third kappa shape index (κ3) is 3.64. The topological polar surface area (TPSA) is 123 Å². The summed E-state index contributed by atoms with van der Waals surface area (Å²) >= 11 is 1.15. The predicted octanol–water partition coefficient (Wildman–Crippen LogP) is 2.89. The molecule has 1 aliphatic heterocycles. The van der Waals surface area contributed by atoms with Gasteiger partial charge in [-0.2, -0.15) is 0 Å². The number of methoxy groups -OCH3 is 1. The molecule has 9 nitrogen and oxygen atoms in total. The van der Waals surface area contributed by atoms with Crippen molar-refractivity contribution in [1.29, 1.82) is 0 Å². The number of rotatable bonds is 7. The lowest BCUT2D eigenvalue weighted by atomic mass is 9.94. The lowest BCUT2D eigenvalue weighted by Crippen LogP contribution is -2.34. The van der Waals surface area contributed by atoms with Crippen molar-refractivity contribution in [2.75, 3.05) is 20.3 Å². The summed E-state index contributed by atoms with van der Waals surface area (Å²) in [5.74, 6) is -2.05. The summed E-state index contributed by atoms with van der Waals surface area (Å²) in [7, 11) is 1.45. The maximum absolute atomic E-state index is 13.3. The molecule has 0 spiro atoms. The Morgan fingerprint density at radius 1 is 1.38 bits per heavy atom. The van der Waals surface area contributed by atoms with Crippen LogP contribution in [-0.4, -0.2) is 51.9 Å². The van der Waals surface area contributed by atoms with Gasteiger partial charge in [-0.15, -0.1) is 11.3 Å². The fraction of sp³-hybridized carbons (Fsp3) is 0.316. The Morgan fingerprint density at radius 2 is 2.07 bits per heavy atom. The van der Waals surface area contributed by atoms with Gasteiger partial charge in [0.25, 0.3) is 11.6 Å². The normalized spacial score (nSPS) is 16.6. The molecule has 0 bridgehead atoms. The maximum atomic E-state index is 13.3. The van der Waals surface area contributed by atoms with Crippen LogP contribution in [0.4, 0.5) is 5.69 Å². The minimum atomic E-state index is -1.10. The second kappa shape index (κ2) is 8.10. The fourth-order valence-corrected chi connectivity index (χ4v) is 4.25. The number of para-hydroxylation sites is 1. The van der Waals surface area contributed by atoms with E-state index in [4.69, 9.17) is 4.74 Å². The highest BCUT2D eigenvalue weighted by molar-refractivity contribution is 7.14. The molecule has 1 atom stereocenters. The van der Waals surface area contributed by atoms with Crippen molar-refractivity contribution in [3.8, 4) is 0 Å². The summed E-state index contributed by atoms with van der Waals surface area (Å²) in [6.45, 7) is 3.59. The molecule has 1 aromatic carbocycles.